The lowest BCUT2D eigenvalue weighted by Gasteiger charge is -2.23. The highest BCUT2D eigenvalue weighted by Gasteiger charge is 2.10. The van der Waals surface area contributed by atoms with Crippen molar-refractivity contribution in [2.24, 2.45) is 0 Å². The summed E-state index contributed by atoms with van der Waals surface area (Å²) < 4.78 is 10.6. The molecular formula is C32H44Cl4N2O4. The third-order valence-corrected chi connectivity index (χ3v) is 7.48. The molecule has 0 aliphatic rings. The summed E-state index contributed by atoms with van der Waals surface area (Å²) >= 11 is 23.6. The minimum absolute atomic E-state index is 0.0399. The average molecular weight is 663 g/mol. The van der Waals surface area contributed by atoms with Crippen LogP contribution in [-0.4, -0.2) is 74.9 Å². The summed E-state index contributed by atoms with van der Waals surface area (Å²) in [7, 11) is 0. The van der Waals surface area contributed by atoms with E-state index in [-0.39, 0.29) is 24.8 Å². The molecule has 2 aromatic rings. The van der Waals surface area contributed by atoms with Crippen LogP contribution >= 0.6 is 46.4 Å². The monoisotopic (exact) mass is 660 g/mol. The van der Waals surface area contributed by atoms with E-state index in [1.807, 2.05) is 0 Å². The first kappa shape index (κ1) is 36.3. The van der Waals surface area contributed by atoms with E-state index >= 15 is 0 Å². The number of halogens is 4. The van der Waals surface area contributed by atoms with E-state index in [0.717, 1.165) is 76.1 Å². The number of unbranched alkanes of at least 4 members (excludes halogenated alkanes) is 2. The molecule has 0 atom stereocenters. The van der Waals surface area contributed by atoms with Crippen molar-refractivity contribution >= 4 is 69.7 Å². The van der Waals surface area contributed by atoms with Gasteiger partial charge in [-0.15, -0.1) is 46.4 Å². The summed E-state index contributed by atoms with van der Waals surface area (Å²) in [5.74, 6) is 1.49. The molecule has 0 aromatic heterocycles. The molecule has 2 rings (SSSR count). The molecule has 234 valence electrons. The molecule has 0 N–H and O–H groups in total. The number of rotatable bonds is 23. The first-order valence-corrected chi connectivity index (χ1v) is 16.9. The van der Waals surface area contributed by atoms with Gasteiger partial charge in [-0.1, -0.05) is 24.3 Å². The third kappa shape index (κ3) is 15.0. The normalized spacial score (nSPS) is 10.9. The molecule has 0 saturated carbocycles. The molecule has 42 heavy (non-hydrogen) atoms. The van der Waals surface area contributed by atoms with Crippen LogP contribution in [0.2, 0.25) is 0 Å². The van der Waals surface area contributed by atoms with Gasteiger partial charge in [-0.25, -0.2) is 0 Å². The molecule has 0 saturated heterocycles. The lowest BCUT2D eigenvalue weighted by molar-refractivity contribution is -0.150. The van der Waals surface area contributed by atoms with Crippen LogP contribution in [0.25, 0.3) is 0 Å². The van der Waals surface area contributed by atoms with E-state index < -0.39 is 0 Å². The van der Waals surface area contributed by atoms with E-state index in [9.17, 15) is 9.59 Å². The smallest absolute Gasteiger partial charge is 0.306 e. The van der Waals surface area contributed by atoms with Gasteiger partial charge in [-0.05, 0) is 73.9 Å². The fraction of sp³-hybridized carbons (Fsp3) is 0.562. The Hall–Kier alpha value is -1.86. The number of esters is 2. The van der Waals surface area contributed by atoms with Gasteiger partial charge in [-0.3, -0.25) is 9.59 Å². The molecule has 0 unspecified atom stereocenters. The van der Waals surface area contributed by atoms with Crippen LogP contribution < -0.4 is 9.80 Å². The maximum absolute atomic E-state index is 12.0. The Morgan fingerprint density at radius 2 is 0.857 bits per heavy atom. The molecule has 10 heteroatoms. The lowest BCUT2D eigenvalue weighted by Crippen LogP contribution is -2.27. The van der Waals surface area contributed by atoms with Crippen LogP contribution in [0.4, 0.5) is 11.4 Å². The summed E-state index contributed by atoms with van der Waals surface area (Å²) in [5.41, 5.74) is 4.69. The molecule has 0 radical (unpaired) electrons. The Balaban J connectivity index is 1.51. The van der Waals surface area contributed by atoms with E-state index in [0.29, 0.717) is 36.7 Å². The number of aryl methyl sites for hydroxylation is 2. The largest absolute Gasteiger partial charge is 0.466 e. The van der Waals surface area contributed by atoms with Gasteiger partial charge < -0.3 is 19.3 Å². The molecule has 6 nitrogen and oxygen atoms in total. The minimum Gasteiger partial charge on any atom is -0.466 e. The van der Waals surface area contributed by atoms with Gasteiger partial charge in [0.25, 0.3) is 0 Å². The number of alkyl halides is 4. The number of benzene rings is 2. The van der Waals surface area contributed by atoms with Gasteiger partial charge in [0.2, 0.25) is 0 Å². The zero-order chi connectivity index (χ0) is 30.4. The summed E-state index contributed by atoms with van der Waals surface area (Å²) in [6, 6.07) is 16.8. The van der Waals surface area contributed by atoms with Crippen molar-refractivity contribution in [1.29, 1.82) is 0 Å². The Morgan fingerprint density at radius 3 is 1.17 bits per heavy atom. The molecule has 0 fully saturated rings. The van der Waals surface area contributed by atoms with Crippen molar-refractivity contribution in [3.8, 4) is 0 Å². The van der Waals surface area contributed by atoms with Gasteiger partial charge in [0, 0.05) is 61.1 Å². The second kappa shape index (κ2) is 22.6. The zero-order valence-electron chi connectivity index (χ0n) is 24.4. The van der Waals surface area contributed by atoms with Gasteiger partial charge in [-0.2, -0.15) is 0 Å². The highest BCUT2D eigenvalue weighted by molar-refractivity contribution is 6.19. The van der Waals surface area contributed by atoms with Crippen molar-refractivity contribution in [1.82, 2.24) is 0 Å². The van der Waals surface area contributed by atoms with Crippen LogP contribution in [0.3, 0.4) is 0 Å². The lowest BCUT2D eigenvalue weighted by atomic mass is 10.1. The molecule has 0 bridgehead atoms. The average Bonchev–Trinajstić information content (AvgIpc) is 3.00. The van der Waals surface area contributed by atoms with Crippen molar-refractivity contribution in [3.05, 3.63) is 59.7 Å². The first-order valence-electron chi connectivity index (χ1n) is 14.7. The molecular weight excluding hydrogens is 618 g/mol. The predicted molar refractivity (Wildman–Crippen MR) is 177 cm³/mol. The van der Waals surface area contributed by atoms with Crippen LogP contribution in [0.1, 0.15) is 49.7 Å². The second-order valence-electron chi connectivity index (χ2n) is 9.92. The summed E-state index contributed by atoms with van der Waals surface area (Å²) in [4.78, 5) is 28.3. The molecule has 0 heterocycles. The van der Waals surface area contributed by atoms with Crippen molar-refractivity contribution in [2.75, 3.05) is 72.7 Å². The second-order valence-corrected chi connectivity index (χ2v) is 11.4. The maximum atomic E-state index is 12.0. The standard InChI is InChI=1S/C32H44Cl4N2O4/c33-17-21-37(22-18-34)29-11-7-27(8-12-29)5-1-3-25-41-31(39)15-16-32(40)42-26-4-2-6-28-9-13-30(14-10-28)38(23-19-35)24-20-36/h7-14H,1-6,15-26H2. The topological polar surface area (TPSA) is 59.1 Å². The molecule has 0 aliphatic heterocycles. The van der Waals surface area contributed by atoms with E-state index in [2.05, 4.69) is 58.3 Å². The number of carbonyl (C=O) groups is 2. The van der Waals surface area contributed by atoms with Crippen LogP contribution in [0, 0.1) is 0 Å². The molecule has 0 aliphatic carbocycles. The SMILES string of the molecule is O=C(CCC(=O)OCCCCc1ccc(N(CCCl)CCCl)cc1)OCCCCc1ccc(N(CCCl)CCCl)cc1. The fourth-order valence-corrected chi connectivity index (χ4v) is 5.29. The van der Waals surface area contributed by atoms with Crippen molar-refractivity contribution in [2.45, 2.75) is 51.4 Å². The Kier molecular flexibility index (Phi) is 19.6. The van der Waals surface area contributed by atoms with E-state index in [1.54, 1.807) is 0 Å². The third-order valence-electron chi connectivity index (χ3n) is 6.80. The number of nitrogens with zero attached hydrogens (tertiary/aromatic N) is 2. The highest BCUT2D eigenvalue weighted by Crippen LogP contribution is 2.18. The number of carbonyl (C=O) groups excluding carboxylic acids is 2. The molecule has 0 amide bonds. The number of hydrogen-bond donors (Lipinski definition) is 0. The fourth-order valence-electron chi connectivity index (χ4n) is 4.48. The van der Waals surface area contributed by atoms with Gasteiger partial charge >= 0.3 is 11.9 Å². The highest BCUT2D eigenvalue weighted by atomic mass is 35.5. The number of hydrogen-bond acceptors (Lipinski definition) is 6. The van der Waals surface area contributed by atoms with Crippen molar-refractivity contribution < 1.29 is 19.1 Å². The van der Waals surface area contributed by atoms with Gasteiger partial charge in [0.15, 0.2) is 0 Å². The van der Waals surface area contributed by atoms with E-state index in [4.69, 9.17) is 55.9 Å². The van der Waals surface area contributed by atoms with Crippen molar-refractivity contribution in [3.63, 3.8) is 0 Å². The number of anilines is 2. The minimum atomic E-state index is -0.367. The zero-order valence-corrected chi connectivity index (χ0v) is 27.4. The Labute approximate surface area is 271 Å². The number of ether oxygens (including phenoxy) is 2. The van der Waals surface area contributed by atoms with Gasteiger partial charge in [0.1, 0.15) is 0 Å². The predicted octanol–water partition coefficient (Wildman–Crippen LogP) is 7.47. The van der Waals surface area contributed by atoms with Crippen LogP contribution in [-0.2, 0) is 31.9 Å². The van der Waals surface area contributed by atoms with Crippen LogP contribution in [0.5, 0.6) is 0 Å². The summed E-state index contributed by atoms with van der Waals surface area (Å²) in [5, 5.41) is 0. The van der Waals surface area contributed by atoms with Gasteiger partial charge in [0.05, 0.1) is 26.1 Å². The quantitative estimate of drug-likeness (QED) is 0.0700. The Morgan fingerprint density at radius 1 is 0.524 bits per heavy atom. The van der Waals surface area contributed by atoms with Crippen LogP contribution in [0.15, 0.2) is 48.5 Å². The van der Waals surface area contributed by atoms with E-state index in [1.165, 1.54) is 11.1 Å². The maximum Gasteiger partial charge on any atom is 0.306 e. The molecule has 0 spiro atoms. The Bertz CT molecular complexity index is 915. The summed E-state index contributed by atoms with van der Waals surface area (Å²) in [6.45, 7) is 3.75. The summed E-state index contributed by atoms with van der Waals surface area (Å²) in [6.07, 6.45) is 5.24. The molecule has 2 aromatic carbocycles. The first-order chi connectivity index (χ1) is 20.5.